The van der Waals surface area contributed by atoms with Gasteiger partial charge in [0, 0.05) is 25.7 Å². The molecule has 0 spiro atoms. The molecule has 0 fully saturated rings. The van der Waals surface area contributed by atoms with E-state index < -0.39 is 5.91 Å². The van der Waals surface area contributed by atoms with E-state index in [-0.39, 0.29) is 17.0 Å². The standard InChI is InChI=1S/C24H40N6O4/c1-30(2)13-12-29-24(32)20-16-19(23(27)31)21(33-14-8-4-3-6-10-25)17-22(20)34-15-9-5-7-11-28-18-26/h10,16-18,25H,3-9,11-15H2,1-2H3,(H2,26,28)(H2,27,31)(H,29,32). The molecule has 0 unspecified atom stereocenters. The van der Waals surface area contributed by atoms with E-state index in [0.717, 1.165) is 44.9 Å². The number of carbonyl (C=O) groups is 2. The molecule has 0 bridgehead atoms. The number of aliphatic imine (C=N–C) groups is 1. The van der Waals surface area contributed by atoms with Gasteiger partial charge in [-0.1, -0.05) is 0 Å². The lowest BCUT2D eigenvalue weighted by Crippen LogP contribution is -2.32. The average Bonchev–Trinajstić information content (AvgIpc) is 2.80. The molecule has 190 valence electrons. The molecular formula is C24H40N6O4. The molecule has 1 aromatic rings. The van der Waals surface area contributed by atoms with Gasteiger partial charge < -0.3 is 36.6 Å². The minimum atomic E-state index is -0.673. The summed E-state index contributed by atoms with van der Waals surface area (Å²) in [4.78, 5) is 30.9. The Hall–Kier alpha value is -3.14. The van der Waals surface area contributed by atoms with Gasteiger partial charge in [0.1, 0.15) is 11.5 Å². The smallest absolute Gasteiger partial charge is 0.255 e. The average molecular weight is 477 g/mol. The fourth-order valence-corrected chi connectivity index (χ4v) is 3.10. The first kappa shape index (κ1) is 28.9. The maximum atomic E-state index is 12.9. The third-order valence-corrected chi connectivity index (χ3v) is 4.98. The molecule has 0 saturated heterocycles. The highest BCUT2D eigenvalue weighted by Gasteiger charge is 2.20. The molecule has 10 heteroatoms. The van der Waals surface area contributed by atoms with Gasteiger partial charge in [-0.3, -0.25) is 14.6 Å². The Morgan fingerprint density at radius 3 is 2.26 bits per heavy atom. The van der Waals surface area contributed by atoms with Gasteiger partial charge in [0.05, 0.1) is 30.7 Å². The number of benzene rings is 1. The zero-order valence-electron chi connectivity index (χ0n) is 20.5. The van der Waals surface area contributed by atoms with Crippen LogP contribution in [-0.4, -0.2) is 76.2 Å². The molecule has 0 aliphatic carbocycles. The second-order valence-corrected chi connectivity index (χ2v) is 8.13. The van der Waals surface area contributed by atoms with Crippen LogP contribution < -0.4 is 26.3 Å². The lowest BCUT2D eigenvalue weighted by Gasteiger charge is -2.17. The topological polar surface area (TPSA) is 156 Å². The van der Waals surface area contributed by atoms with Crippen molar-refractivity contribution >= 4 is 24.4 Å². The minimum absolute atomic E-state index is 0.143. The number of hydrogen-bond donors (Lipinski definition) is 4. The van der Waals surface area contributed by atoms with Crippen molar-refractivity contribution in [3.05, 3.63) is 23.3 Å². The summed E-state index contributed by atoms with van der Waals surface area (Å²) in [5.74, 6) is -0.356. The highest BCUT2D eigenvalue weighted by atomic mass is 16.5. The van der Waals surface area contributed by atoms with Crippen LogP contribution in [0, 0.1) is 5.41 Å². The Labute approximate surface area is 202 Å². The highest BCUT2D eigenvalue weighted by molar-refractivity contribution is 6.02. The summed E-state index contributed by atoms with van der Waals surface area (Å²) in [7, 11) is 3.84. The van der Waals surface area contributed by atoms with Crippen LogP contribution in [0.3, 0.4) is 0 Å². The van der Waals surface area contributed by atoms with E-state index in [1.807, 2.05) is 19.0 Å². The van der Waals surface area contributed by atoms with Crippen molar-refractivity contribution in [2.24, 2.45) is 16.5 Å². The van der Waals surface area contributed by atoms with Gasteiger partial charge in [0.2, 0.25) is 0 Å². The second kappa shape index (κ2) is 17.4. The molecule has 0 atom stereocenters. The van der Waals surface area contributed by atoms with E-state index in [2.05, 4.69) is 10.3 Å². The summed E-state index contributed by atoms with van der Waals surface area (Å²) >= 11 is 0. The highest BCUT2D eigenvalue weighted by Crippen LogP contribution is 2.30. The van der Waals surface area contributed by atoms with Crippen LogP contribution in [0.2, 0.25) is 0 Å². The van der Waals surface area contributed by atoms with E-state index >= 15 is 0 Å². The van der Waals surface area contributed by atoms with E-state index in [1.54, 1.807) is 6.07 Å². The molecule has 34 heavy (non-hydrogen) atoms. The molecule has 0 heterocycles. The number of ether oxygens (including phenoxy) is 2. The van der Waals surface area contributed by atoms with Gasteiger partial charge in [-0.05, 0) is 71.3 Å². The summed E-state index contributed by atoms with van der Waals surface area (Å²) < 4.78 is 11.8. The van der Waals surface area contributed by atoms with Crippen LogP contribution >= 0.6 is 0 Å². The van der Waals surface area contributed by atoms with Crippen molar-refractivity contribution in [1.29, 1.82) is 5.41 Å². The Bertz CT molecular complexity index is 798. The minimum Gasteiger partial charge on any atom is -0.493 e. The Morgan fingerprint density at radius 2 is 1.68 bits per heavy atom. The first-order valence-electron chi connectivity index (χ1n) is 11.8. The number of amides is 2. The van der Waals surface area contributed by atoms with Crippen molar-refractivity contribution < 1.29 is 19.1 Å². The van der Waals surface area contributed by atoms with Crippen LogP contribution in [0.4, 0.5) is 0 Å². The third kappa shape index (κ3) is 11.6. The molecule has 0 radical (unpaired) electrons. The predicted octanol–water partition coefficient (Wildman–Crippen LogP) is 2.20. The summed E-state index contributed by atoms with van der Waals surface area (Å²) in [6.45, 7) is 2.60. The molecule has 0 aromatic heterocycles. The fraction of sp³-hybridized carbons (Fsp3) is 0.583. The molecule has 0 aliphatic heterocycles. The molecular weight excluding hydrogens is 436 g/mol. The SMILES string of the molecule is CN(C)CCNC(=O)c1cc(C(N)=O)c(OCCCCCC=N)cc1OCCCCCN=CN. The number of likely N-dealkylation sites (N-methyl/N-ethyl adjacent to an activating group) is 1. The maximum Gasteiger partial charge on any atom is 0.255 e. The van der Waals surface area contributed by atoms with E-state index in [1.165, 1.54) is 18.6 Å². The van der Waals surface area contributed by atoms with Crippen LogP contribution in [0.1, 0.15) is 65.7 Å². The van der Waals surface area contributed by atoms with Gasteiger partial charge in [-0.15, -0.1) is 0 Å². The van der Waals surface area contributed by atoms with Crippen LogP contribution in [0.25, 0.3) is 0 Å². The van der Waals surface area contributed by atoms with Crippen molar-refractivity contribution in [2.75, 3.05) is 46.9 Å². The number of hydrogen-bond acceptors (Lipinski definition) is 7. The van der Waals surface area contributed by atoms with Crippen LogP contribution in [0.15, 0.2) is 17.1 Å². The lowest BCUT2D eigenvalue weighted by atomic mass is 10.1. The number of carbonyl (C=O) groups excluding carboxylic acids is 2. The molecule has 0 saturated carbocycles. The largest absolute Gasteiger partial charge is 0.493 e. The molecule has 0 aliphatic rings. The summed E-state index contributed by atoms with van der Waals surface area (Å²) in [6, 6.07) is 3.03. The third-order valence-electron chi connectivity index (χ3n) is 4.98. The van der Waals surface area contributed by atoms with Gasteiger partial charge in [0.25, 0.3) is 11.8 Å². The first-order valence-corrected chi connectivity index (χ1v) is 11.8. The molecule has 1 aromatic carbocycles. The number of nitrogens with two attached hydrogens (primary N) is 2. The zero-order chi connectivity index (χ0) is 25.2. The van der Waals surface area contributed by atoms with Gasteiger partial charge in [-0.2, -0.15) is 0 Å². The number of rotatable bonds is 19. The van der Waals surface area contributed by atoms with Crippen molar-refractivity contribution in [1.82, 2.24) is 10.2 Å². The second-order valence-electron chi connectivity index (χ2n) is 8.13. The number of nitrogens with zero attached hydrogens (tertiary/aromatic N) is 2. The Balaban J connectivity index is 2.95. The number of nitrogens with one attached hydrogen (secondary N) is 2. The van der Waals surface area contributed by atoms with E-state index in [4.69, 9.17) is 26.4 Å². The van der Waals surface area contributed by atoms with Crippen molar-refractivity contribution in [3.8, 4) is 11.5 Å². The van der Waals surface area contributed by atoms with Crippen molar-refractivity contribution in [2.45, 2.75) is 44.9 Å². The number of unbranched alkanes of at least 4 members (excludes halogenated alkanes) is 5. The first-order chi connectivity index (χ1) is 16.4. The van der Waals surface area contributed by atoms with Crippen LogP contribution in [-0.2, 0) is 0 Å². The number of primary amides is 1. The van der Waals surface area contributed by atoms with E-state index in [9.17, 15) is 9.59 Å². The molecule has 6 N–H and O–H groups in total. The van der Waals surface area contributed by atoms with Crippen LogP contribution in [0.5, 0.6) is 11.5 Å². The summed E-state index contributed by atoms with van der Waals surface area (Å²) in [6.07, 6.45) is 8.60. The quantitative estimate of drug-likeness (QED) is 0.136. The predicted molar refractivity (Wildman–Crippen MR) is 135 cm³/mol. The summed E-state index contributed by atoms with van der Waals surface area (Å²) in [5.41, 5.74) is 11.2. The fourth-order valence-electron chi connectivity index (χ4n) is 3.10. The summed E-state index contributed by atoms with van der Waals surface area (Å²) in [5, 5.41) is 9.93. The van der Waals surface area contributed by atoms with Crippen molar-refractivity contribution in [3.63, 3.8) is 0 Å². The molecule has 1 rings (SSSR count). The normalized spacial score (nSPS) is 11.0. The monoisotopic (exact) mass is 476 g/mol. The lowest BCUT2D eigenvalue weighted by molar-refractivity contribution is 0.0946. The van der Waals surface area contributed by atoms with E-state index in [0.29, 0.717) is 44.3 Å². The Kier molecular flexibility index (Phi) is 14.7. The molecule has 2 amide bonds. The maximum absolute atomic E-state index is 12.9. The zero-order valence-corrected chi connectivity index (χ0v) is 20.5. The van der Waals surface area contributed by atoms with Gasteiger partial charge in [-0.25, -0.2) is 0 Å². The Morgan fingerprint density at radius 1 is 1.03 bits per heavy atom. The van der Waals surface area contributed by atoms with Gasteiger partial charge in [0.15, 0.2) is 0 Å². The van der Waals surface area contributed by atoms with Gasteiger partial charge >= 0.3 is 0 Å². The molecule has 10 nitrogen and oxygen atoms in total.